The van der Waals surface area contributed by atoms with Crippen LogP contribution >= 0.6 is 0 Å². The van der Waals surface area contributed by atoms with Gasteiger partial charge in [0.1, 0.15) is 0 Å². The van der Waals surface area contributed by atoms with Crippen molar-refractivity contribution in [2.45, 2.75) is 13.8 Å². The SMILES string of the molecule is CCOC(=O)/C=C\C(=O)OCC.[Zn]. The van der Waals surface area contributed by atoms with Crippen LogP contribution in [0, 0.1) is 0 Å². The van der Waals surface area contributed by atoms with Crippen molar-refractivity contribution in [3.63, 3.8) is 0 Å². The van der Waals surface area contributed by atoms with Crippen LogP contribution in [0.5, 0.6) is 0 Å². The molecule has 0 spiro atoms. The smallest absolute Gasteiger partial charge is 0.330 e. The molecule has 13 heavy (non-hydrogen) atoms. The predicted molar refractivity (Wildman–Crippen MR) is 42.4 cm³/mol. The molecule has 0 bridgehead atoms. The fraction of sp³-hybridized carbons (Fsp3) is 0.500. The molecule has 0 unspecified atom stereocenters. The minimum absolute atomic E-state index is 0. The van der Waals surface area contributed by atoms with Gasteiger partial charge in [0, 0.05) is 31.6 Å². The average molecular weight is 238 g/mol. The van der Waals surface area contributed by atoms with E-state index in [4.69, 9.17) is 0 Å². The summed E-state index contributed by atoms with van der Waals surface area (Å²) in [6.45, 7) is 3.98. The van der Waals surface area contributed by atoms with Crippen molar-refractivity contribution >= 4 is 11.9 Å². The Hall–Kier alpha value is -0.697. The van der Waals surface area contributed by atoms with Gasteiger partial charge in [0.2, 0.25) is 0 Å². The van der Waals surface area contributed by atoms with Crippen LogP contribution < -0.4 is 0 Å². The fourth-order valence-corrected chi connectivity index (χ4v) is 0.517. The maximum atomic E-state index is 10.6. The van der Waals surface area contributed by atoms with E-state index in [0.29, 0.717) is 13.2 Å². The Balaban J connectivity index is 0. The summed E-state index contributed by atoms with van der Waals surface area (Å²) in [6, 6.07) is 0. The van der Waals surface area contributed by atoms with E-state index in [1.54, 1.807) is 13.8 Å². The second-order valence-electron chi connectivity index (χ2n) is 1.84. The molecule has 0 aromatic heterocycles. The summed E-state index contributed by atoms with van der Waals surface area (Å²) in [5.74, 6) is -1.07. The normalized spacial score (nSPS) is 9.08. The van der Waals surface area contributed by atoms with E-state index in [0.717, 1.165) is 12.2 Å². The molecule has 0 aliphatic carbocycles. The van der Waals surface area contributed by atoms with Crippen LogP contribution in [0.3, 0.4) is 0 Å². The first-order valence-corrected chi connectivity index (χ1v) is 3.72. The third kappa shape index (κ3) is 9.22. The Morgan fingerprint density at radius 1 is 1.00 bits per heavy atom. The third-order valence-electron chi connectivity index (χ3n) is 0.929. The number of esters is 2. The Kier molecular flexibility index (Phi) is 10.7. The van der Waals surface area contributed by atoms with Gasteiger partial charge in [-0.3, -0.25) is 0 Å². The molecule has 0 atom stereocenters. The van der Waals surface area contributed by atoms with E-state index >= 15 is 0 Å². The summed E-state index contributed by atoms with van der Waals surface area (Å²) in [6.07, 6.45) is 2.09. The molecular formula is C8H12O4Zn. The monoisotopic (exact) mass is 236 g/mol. The third-order valence-corrected chi connectivity index (χ3v) is 0.929. The Labute approximate surface area is 90.0 Å². The summed E-state index contributed by atoms with van der Waals surface area (Å²) >= 11 is 0. The molecule has 0 radical (unpaired) electrons. The number of carbonyl (C=O) groups excluding carboxylic acids is 2. The van der Waals surface area contributed by atoms with Crippen molar-refractivity contribution in [2.75, 3.05) is 13.2 Å². The van der Waals surface area contributed by atoms with Crippen LogP contribution in [0.2, 0.25) is 0 Å². The van der Waals surface area contributed by atoms with Crippen molar-refractivity contribution < 1.29 is 38.5 Å². The molecule has 0 aliphatic rings. The second-order valence-corrected chi connectivity index (χ2v) is 1.84. The molecule has 0 saturated carbocycles. The van der Waals surface area contributed by atoms with Gasteiger partial charge >= 0.3 is 11.9 Å². The Morgan fingerprint density at radius 3 is 1.54 bits per heavy atom. The first-order valence-electron chi connectivity index (χ1n) is 3.72. The molecule has 0 rings (SSSR count). The topological polar surface area (TPSA) is 52.6 Å². The van der Waals surface area contributed by atoms with Crippen molar-refractivity contribution in [1.29, 1.82) is 0 Å². The molecule has 0 saturated heterocycles. The van der Waals surface area contributed by atoms with Gasteiger partial charge in [-0.05, 0) is 13.8 Å². The standard InChI is InChI=1S/C8H12O4.Zn/c1-3-11-7(9)5-6-8(10)12-4-2;/h5-6H,3-4H2,1-2H3;/b6-5-;. The van der Waals surface area contributed by atoms with Gasteiger partial charge in [-0.15, -0.1) is 0 Å². The van der Waals surface area contributed by atoms with Gasteiger partial charge in [0.15, 0.2) is 0 Å². The van der Waals surface area contributed by atoms with E-state index in [9.17, 15) is 9.59 Å². The van der Waals surface area contributed by atoms with Crippen LogP contribution in [0.4, 0.5) is 0 Å². The van der Waals surface area contributed by atoms with Gasteiger partial charge in [-0.25, -0.2) is 9.59 Å². The minimum Gasteiger partial charge on any atom is -0.463 e. The van der Waals surface area contributed by atoms with Crippen LogP contribution in [-0.2, 0) is 38.5 Å². The quantitative estimate of drug-likeness (QED) is 0.410. The number of carbonyl (C=O) groups is 2. The van der Waals surface area contributed by atoms with Crippen molar-refractivity contribution in [3.05, 3.63) is 12.2 Å². The second kappa shape index (κ2) is 9.39. The molecule has 70 valence electrons. The molecule has 0 fully saturated rings. The average Bonchev–Trinajstić information content (AvgIpc) is 2.02. The van der Waals surface area contributed by atoms with Gasteiger partial charge in [-0.2, -0.15) is 0 Å². The molecule has 0 aliphatic heterocycles. The maximum absolute atomic E-state index is 10.6. The van der Waals surface area contributed by atoms with Crippen LogP contribution in [0.15, 0.2) is 12.2 Å². The zero-order valence-corrected chi connectivity index (χ0v) is 10.9. The van der Waals surface area contributed by atoms with E-state index in [2.05, 4.69) is 9.47 Å². The molecule has 0 amide bonds. The number of rotatable bonds is 4. The molecule has 0 aromatic rings. The molecule has 0 aromatic carbocycles. The summed E-state index contributed by atoms with van der Waals surface area (Å²) < 4.78 is 9.07. The first-order chi connectivity index (χ1) is 5.70. The van der Waals surface area contributed by atoms with Gasteiger partial charge < -0.3 is 9.47 Å². The zero-order chi connectivity index (χ0) is 9.40. The van der Waals surface area contributed by atoms with E-state index in [-0.39, 0.29) is 19.5 Å². The van der Waals surface area contributed by atoms with Gasteiger partial charge in [0.25, 0.3) is 0 Å². The van der Waals surface area contributed by atoms with Crippen LogP contribution in [0.25, 0.3) is 0 Å². The van der Waals surface area contributed by atoms with Crippen molar-refractivity contribution in [3.8, 4) is 0 Å². The molecule has 0 heterocycles. The van der Waals surface area contributed by atoms with Crippen molar-refractivity contribution in [1.82, 2.24) is 0 Å². The summed E-state index contributed by atoms with van der Waals surface area (Å²) in [7, 11) is 0. The predicted octanol–water partition coefficient (Wildman–Crippen LogP) is 0.666. The minimum atomic E-state index is -0.537. The molecule has 0 N–H and O–H groups in total. The van der Waals surface area contributed by atoms with E-state index in [1.807, 2.05) is 0 Å². The zero-order valence-electron chi connectivity index (χ0n) is 7.91. The van der Waals surface area contributed by atoms with Gasteiger partial charge in [0.05, 0.1) is 13.2 Å². The maximum Gasteiger partial charge on any atom is 0.330 e. The Bertz CT molecular complexity index is 169. The van der Waals surface area contributed by atoms with Gasteiger partial charge in [-0.1, -0.05) is 0 Å². The fourth-order valence-electron chi connectivity index (χ4n) is 0.517. The molecular weight excluding hydrogens is 225 g/mol. The van der Waals surface area contributed by atoms with Crippen LogP contribution in [0.1, 0.15) is 13.8 Å². The Morgan fingerprint density at radius 2 is 1.31 bits per heavy atom. The van der Waals surface area contributed by atoms with E-state index in [1.165, 1.54) is 0 Å². The van der Waals surface area contributed by atoms with Crippen molar-refractivity contribution in [2.24, 2.45) is 0 Å². The molecule has 5 heteroatoms. The van der Waals surface area contributed by atoms with E-state index < -0.39 is 11.9 Å². The number of hydrogen-bond donors (Lipinski definition) is 0. The summed E-state index contributed by atoms with van der Waals surface area (Å²) in [4.78, 5) is 21.3. The molecule has 4 nitrogen and oxygen atoms in total. The van der Waals surface area contributed by atoms with Crippen LogP contribution in [-0.4, -0.2) is 25.2 Å². The number of hydrogen-bond acceptors (Lipinski definition) is 4. The summed E-state index contributed by atoms with van der Waals surface area (Å²) in [5, 5.41) is 0. The number of ether oxygens (including phenoxy) is 2. The largest absolute Gasteiger partial charge is 0.463 e. The summed E-state index contributed by atoms with van der Waals surface area (Å²) in [5.41, 5.74) is 0. The first kappa shape index (κ1) is 14.8.